The number of ether oxygens (including phenoxy) is 1. The van der Waals surface area contributed by atoms with Crippen LogP contribution in [-0.4, -0.2) is 83.6 Å². The van der Waals surface area contributed by atoms with E-state index in [0.717, 1.165) is 24.7 Å². The zero-order valence-electron chi connectivity index (χ0n) is 19.6. The molecule has 3 aromatic rings. The molecule has 36 heavy (non-hydrogen) atoms. The molecule has 2 unspecified atom stereocenters. The van der Waals surface area contributed by atoms with E-state index in [-0.39, 0.29) is 31.6 Å². The Labute approximate surface area is 210 Å². The van der Waals surface area contributed by atoms with E-state index in [0.29, 0.717) is 27.7 Å². The van der Waals surface area contributed by atoms with Gasteiger partial charge in [0.2, 0.25) is 0 Å². The van der Waals surface area contributed by atoms with Crippen LogP contribution in [0.3, 0.4) is 0 Å². The van der Waals surface area contributed by atoms with E-state index in [2.05, 4.69) is 32.5 Å². The molecular formula is C23H28F2N6O4S. The van der Waals surface area contributed by atoms with Gasteiger partial charge in [-0.25, -0.2) is 23.4 Å². The van der Waals surface area contributed by atoms with Gasteiger partial charge in [-0.15, -0.1) is 5.10 Å². The summed E-state index contributed by atoms with van der Waals surface area (Å²) in [5, 5.41) is 42.5. The quantitative estimate of drug-likeness (QED) is 0.231. The van der Waals surface area contributed by atoms with E-state index in [1.54, 1.807) is 6.07 Å². The molecule has 0 aliphatic heterocycles. The topological polar surface area (TPSA) is 138 Å². The van der Waals surface area contributed by atoms with Gasteiger partial charge in [-0.05, 0) is 30.5 Å². The zero-order valence-corrected chi connectivity index (χ0v) is 20.4. The lowest BCUT2D eigenvalue weighted by atomic mass is 10.1. The molecule has 2 aromatic heterocycles. The molecule has 2 saturated carbocycles. The Kier molecular flexibility index (Phi) is 7.35. The molecule has 13 heteroatoms. The molecule has 0 amide bonds. The number of rotatable bonds is 10. The summed E-state index contributed by atoms with van der Waals surface area (Å²) in [5.41, 5.74) is 1.53. The fourth-order valence-corrected chi connectivity index (χ4v) is 5.31. The molecule has 194 valence electrons. The third-order valence-electron chi connectivity index (χ3n) is 6.56. The largest absolute Gasteiger partial charge is 0.394 e. The first kappa shape index (κ1) is 25.2. The monoisotopic (exact) mass is 522 g/mol. The van der Waals surface area contributed by atoms with E-state index in [1.807, 2.05) is 0 Å². The normalized spacial score (nSPS) is 27.6. The first-order chi connectivity index (χ1) is 17.4. The third-order valence-corrected chi connectivity index (χ3v) is 7.61. The van der Waals surface area contributed by atoms with Gasteiger partial charge in [-0.3, -0.25) is 0 Å². The second kappa shape index (κ2) is 10.5. The maximum Gasteiger partial charge on any atom is 0.191 e. The molecule has 2 aliphatic rings. The SMILES string of the molecule is CCCSc1nc(NC2CC2c2ccc(F)c(F)c2)c2nnn([C@H]3C[C@@H](OCCO)[C@H](O)[C@@H]3O)c2n1. The van der Waals surface area contributed by atoms with Crippen LogP contribution in [-0.2, 0) is 4.74 Å². The summed E-state index contributed by atoms with van der Waals surface area (Å²) >= 11 is 1.48. The van der Waals surface area contributed by atoms with Gasteiger partial charge in [0.25, 0.3) is 0 Å². The highest BCUT2D eigenvalue weighted by Crippen LogP contribution is 2.44. The smallest absolute Gasteiger partial charge is 0.191 e. The van der Waals surface area contributed by atoms with Gasteiger partial charge in [0, 0.05) is 24.1 Å². The van der Waals surface area contributed by atoms with Gasteiger partial charge in [0.15, 0.2) is 33.8 Å². The third kappa shape index (κ3) is 4.90. The molecule has 2 aliphatic carbocycles. The molecule has 6 atom stereocenters. The molecule has 0 radical (unpaired) electrons. The van der Waals surface area contributed by atoms with Crippen molar-refractivity contribution < 1.29 is 28.8 Å². The summed E-state index contributed by atoms with van der Waals surface area (Å²) in [6.45, 7) is 1.91. The molecule has 0 saturated heterocycles. The molecule has 0 bridgehead atoms. The first-order valence-electron chi connectivity index (χ1n) is 12.0. The van der Waals surface area contributed by atoms with Crippen molar-refractivity contribution >= 4 is 28.7 Å². The Balaban J connectivity index is 1.43. The van der Waals surface area contributed by atoms with Crippen LogP contribution >= 0.6 is 11.8 Å². The number of aromatic nitrogens is 5. The molecule has 0 spiro atoms. The number of nitrogens with one attached hydrogen (secondary N) is 1. The maximum absolute atomic E-state index is 13.7. The van der Waals surface area contributed by atoms with Crippen LogP contribution in [0.1, 0.15) is 43.7 Å². The fourth-order valence-electron chi connectivity index (χ4n) is 4.61. The van der Waals surface area contributed by atoms with E-state index < -0.39 is 36.0 Å². The summed E-state index contributed by atoms with van der Waals surface area (Å²) < 4.78 is 34.0. The van der Waals surface area contributed by atoms with Gasteiger partial charge in [-0.1, -0.05) is 30.0 Å². The van der Waals surface area contributed by atoms with E-state index >= 15 is 0 Å². The molecule has 5 rings (SSSR count). The molecule has 4 N–H and O–H groups in total. The fraction of sp³-hybridized carbons (Fsp3) is 0.565. The number of aliphatic hydroxyl groups is 3. The molecule has 2 heterocycles. The van der Waals surface area contributed by atoms with Crippen molar-refractivity contribution in [1.82, 2.24) is 25.0 Å². The number of anilines is 1. The van der Waals surface area contributed by atoms with Crippen molar-refractivity contribution in [3.05, 3.63) is 35.4 Å². The van der Waals surface area contributed by atoms with Crippen molar-refractivity contribution in [3.63, 3.8) is 0 Å². The number of benzene rings is 1. The Morgan fingerprint density at radius 1 is 1.17 bits per heavy atom. The lowest BCUT2D eigenvalue weighted by Gasteiger charge is -2.17. The number of hydrogen-bond acceptors (Lipinski definition) is 10. The second-order valence-electron chi connectivity index (χ2n) is 9.09. The first-order valence-corrected chi connectivity index (χ1v) is 13.0. The van der Waals surface area contributed by atoms with E-state index in [9.17, 15) is 19.0 Å². The Hall–Kier alpha value is -2.45. The minimum atomic E-state index is -1.15. The number of fused-ring (bicyclic) bond motifs is 1. The number of aliphatic hydroxyl groups excluding tert-OH is 3. The van der Waals surface area contributed by atoms with Crippen LogP contribution < -0.4 is 5.32 Å². The summed E-state index contributed by atoms with van der Waals surface area (Å²) in [5.74, 6) is -0.472. The van der Waals surface area contributed by atoms with Crippen LogP contribution in [0.4, 0.5) is 14.6 Å². The predicted octanol–water partition coefficient (Wildman–Crippen LogP) is 2.01. The van der Waals surface area contributed by atoms with Gasteiger partial charge in [0.05, 0.1) is 25.4 Å². The van der Waals surface area contributed by atoms with E-state index in [4.69, 9.17) is 9.84 Å². The number of thioether (sulfide) groups is 1. The van der Waals surface area contributed by atoms with Gasteiger partial charge >= 0.3 is 0 Å². The molecular weight excluding hydrogens is 494 g/mol. The Morgan fingerprint density at radius 2 is 2.00 bits per heavy atom. The van der Waals surface area contributed by atoms with Crippen LogP contribution in [0.15, 0.2) is 23.4 Å². The van der Waals surface area contributed by atoms with Crippen LogP contribution in [0.5, 0.6) is 0 Å². The zero-order chi connectivity index (χ0) is 25.4. The molecule has 10 nitrogen and oxygen atoms in total. The van der Waals surface area contributed by atoms with Crippen LogP contribution in [0.2, 0.25) is 0 Å². The predicted molar refractivity (Wildman–Crippen MR) is 128 cm³/mol. The lowest BCUT2D eigenvalue weighted by molar-refractivity contribution is -0.0629. The van der Waals surface area contributed by atoms with E-state index in [1.165, 1.54) is 22.5 Å². The maximum atomic E-state index is 13.7. The number of halogens is 2. The Morgan fingerprint density at radius 3 is 2.75 bits per heavy atom. The summed E-state index contributed by atoms with van der Waals surface area (Å²) in [6, 6.07) is 3.26. The number of nitrogens with zero attached hydrogens (tertiary/aromatic N) is 5. The summed E-state index contributed by atoms with van der Waals surface area (Å²) in [6.07, 6.45) is -1.04. The van der Waals surface area contributed by atoms with Gasteiger partial charge in [0.1, 0.15) is 12.2 Å². The summed E-state index contributed by atoms with van der Waals surface area (Å²) in [7, 11) is 0. The van der Waals surface area contributed by atoms with Crippen molar-refractivity contribution in [2.75, 3.05) is 24.3 Å². The average molecular weight is 523 g/mol. The lowest BCUT2D eigenvalue weighted by Crippen LogP contribution is -2.33. The van der Waals surface area contributed by atoms with Crippen molar-refractivity contribution in [1.29, 1.82) is 0 Å². The number of hydrogen-bond donors (Lipinski definition) is 4. The Bertz CT molecular complexity index is 1230. The minimum absolute atomic E-state index is 0.00291. The average Bonchev–Trinajstić information content (AvgIpc) is 3.41. The standard InChI is InChI=1S/C23H28F2N6O4S/c1-2-7-36-23-27-21(26-15-9-12(15)11-3-4-13(24)14(25)8-11)18-22(28-23)31(30-29-18)16-10-17(35-6-5-32)20(34)19(16)33/h3-4,8,12,15-17,19-20,32-34H,2,5-7,9-10H2,1H3,(H,26,27,28)/t12?,15?,16-,17+,19+,20-/m0/s1. The van der Waals surface area contributed by atoms with Gasteiger partial charge < -0.3 is 25.4 Å². The summed E-state index contributed by atoms with van der Waals surface area (Å²) in [4.78, 5) is 9.27. The highest BCUT2D eigenvalue weighted by atomic mass is 32.2. The molecule has 1 aromatic carbocycles. The van der Waals surface area contributed by atoms with Crippen molar-refractivity contribution in [2.45, 2.75) is 67.7 Å². The highest BCUT2D eigenvalue weighted by Gasteiger charge is 2.45. The molecule has 2 fully saturated rings. The van der Waals surface area contributed by atoms with Crippen molar-refractivity contribution in [2.24, 2.45) is 0 Å². The van der Waals surface area contributed by atoms with Gasteiger partial charge in [-0.2, -0.15) is 0 Å². The minimum Gasteiger partial charge on any atom is -0.394 e. The van der Waals surface area contributed by atoms with Crippen LogP contribution in [0.25, 0.3) is 11.2 Å². The van der Waals surface area contributed by atoms with Crippen LogP contribution in [0, 0.1) is 11.6 Å². The van der Waals surface area contributed by atoms with Crippen molar-refractivity contribution in [3.8, 4) is 0 Å². The highest BCUT2D eigenvalue weighted by molar-refractivity contribution is 7.99. The second-order valence-corrected chi connectivity index (χ2v) is 10.2.